The second-order valence-corrected chi connectivity index (χ2v) is 5.61. The van der Waals surface area contributed by atoms with E-state index in [1.807, 2.05) is 6.07 Å². The fraction of sp³-hybridized carbons (Fsp3) is 0.400. The summed E-state index contributed by atoms with van der Waals surface area (Å²) in [6.45, 7) is 11.4. The Morgan fingerprint density at radius 2 is 1.29 bits per heavy atom. The number of ether oxygens (including phenoxy) is 2. The van der Waals surface area contributed by atoms with E-state index in [-0.39, 0.29) is 16.4 Å². The summed E-state index contributed by atoms with van der Waals surface area (Å²) < 4.78 is 11.0. The predicted octanol–water partition coefficient (Wildman–Crippen LogP) is 2.14. The van der Waals surface area contributed by atoms with Crippen LogP contribution in [0.4, 0.5) is 0 Å². The van der Waals surface area contributed by atoms with Crippen molar-refractivity contribution in [2.45, 2.75) is 40.0 Å². The van der Waals surface area contributed by atoms with Crippen molar-refractivity contribution in [2.75, 3.05) is 13.2 Å². The SMILES string of the molecule is CC#CC#CC#CC.CC(C)(C)c1ccc2c(c1)OCCO2.O.O. The molecule has 0 fully saturated rings. The summed E-state index contributed by atoms with van der Waals surface area (Å²) >= 11 is 0. The van der Waals surface area contributed by atoms with Gasteiger partial charge in [-0.15, -0.1) is 0 Å². The fourth-order valence-electron chi connectivity index (χ4n) is 1.70. The molecule has 4 N–H and O–H groups in total. The average Bonchev–Trinajstić information content (AvgIpc) is 2.51. The summed E-state index contributed by atoms with van der Waals surface area (Å²) in [6, 6.07) is 6.18. The molecule has 130 valence electrons. The Labute approximate surface area is 145 Å². The minimum absolute atomic E-state index is 0. The summed E-state index contributed by atoms with van der Waals surface area (Å²) in [6.07, 6.45) is 0. The van der Waals surface area contributed by atoms with Crippen molar-refractivity contribution < 1.29 is 20.4 Å². The molecule has 0 aliphatic carbocycles. The van der Waals surface area contributed by atoms with Gasteiger partial charge in [-0.05, 0) is 60.6 Å². The van der Waals surface area contributed by atoms with Crippen molar-refractivity contribution in [3.63, 3.8) is 0 Å². The summed E-state index contributed by atoms with van der Waals surface area (Å²) in [5.41, 5.74) is 1.44. The maximum Gasteiger partial charge on any atom is 0.161 e. The molecule has 1 aromatic rings. The molecule has 0 saturated carbocycles. The molecule has 4 heteroatoms. The van der Waals surface area contributed by atoms with Crippen molar-refractivity contribution in [1.82, 2.24) is 0 Å². The van der Waals surface area contributed by atoms with Crippen LogP contribution in [0, 0.1) is 35.5 Å². The number of hydrogen-bond acceptors (Lipinski definition) is 2. The molecule has 0 atom stereocenters. The highest BCUT2D eigenvalue weighted by Crippen LogP contribution is 2.34. The van der Waals surface area contributed by atoms with E-state index in [9.17, 15) is 0 Å². The van der Waals surface area contributed by atoms with Crippen LogP contribution in [0.5, 0.6) is 11.5 Å². The molecule has 24 heavy (non-hydrogen) atoms. The Kier molecular flexibility index (Phi) is 11.8. The zero-order chi connectivity index (χ0) is 16.4. The number of benzene rings is 1. The molecular formula is C20H26O4. The maximum atomic E-state index is 5.53. The molecule has 1 aliphatic heterocycles. The molecule has 0 saturated heterocycles. The molecule has 0 bridgehead atoms. The normalized spacial score (nSPS) is 10.2. The third kappa shape index (κ3) is 8.16. The lowest BCUT2D eigenvalue weighted by atomic mass is 9.87. The van der Waals surface area contributed by atoms with E-state index < -0.39 is 0 Å². The van der Waals surface area contributed by atoms with E-state index in [1.54, 1.807) is 13.8 Å². The van der Waals surface area contributed by atoms with Gasteiger partial charge in [0.15, 0.2) is 11.5 Å². The van der Waals surface area contributed by atoms with Crippen LogP contribution in [0.2, 0.25) is 0 Å². The molecule has 0 unspecified atom stereocenters. The smallest absolute Gasteiger partial charge is 0.161 e. The van der Waals surface area contributed by atoms with E-state index in [0.29, 0.717) is 13.2 Å². The highest BCUT2D eigenvalue weighted by atomic mass is 16.6. The van der Waals surface area contributed by atoms with Gasteiger partial charge in [0.2, 0.25) is 0 Å². The van der Waals surface area contributed by atoms with Crippen LogP contribution < -0.4 is 9.47 Å². The average molecular weight is 330 g/mol. The van der Waals surface area contributed by atoms with E-state index in [2.05, 4.69) is 68.4 Å². The molecule has 0 amide bonds. The Bertz CT molecular complexity index is 656. The number of fused-ring (bicyclic) bond motifs is 1. The van der Waals surface area contributed by atoms with E-state index in [0.717, 1.165) is 11.5 Å². The Morgan fingerprint density at radius 1 is 0.792 bits per heavy atom. The topological polar surface area (TPSA) is 81.5 Å². The molecule has 1 heterocycles. The van der Waals surface area contributed by atoms with Gasteiger partial charge >= 0.3 is 0 Å². The first-order valence-electron chi connectivity index (χ1n) is 7.22. The van der Waals surface area contributed by atoms with Gasteiger partial charge in [-0.1, -0.05) is 38.7 Å². The molecular weight excluding hydrogens is 304 g/mol. The Morgan fingerprint density at radius 3 is 1.75 bits per heavy atom. The van der Waals surface area contributed by atoms with Gasteiger partial charge in [-0.2, -0.15) is 0 Å². The van der Waals surface area contributed by atoms with Gasteiger partial charge in [-0.25, -0.2) is 0 Å². The summed E-state index contributed by atoms with van der Waals surface area (Å²) in [7, 11) is 0. The minimum Gasteiger partial charge on any atom is -0.486 e. The standard InChI is InChI=1S/C12H16O2.C8H6.2H2O/c1-12(2,3)9-4-5-10-11(8-9)14-7-6-13-10;1-3-5-7-8-6-4-2;;/h4-5,8H,6-7H2,1-3H3;1-2H3;2*1H2. The quantitative estimate of drug-likeness (QED) is 0.683. The van der Waals surface area contributed by atoms with Gasteiger partial charge in [0.1, 0.15) is 13.2 Å². The molecule has 2 rings (SSSR count). The third-order valence-electron chi connectivity index (χ3n) is 2.85. The van der Waals surface area contributed by atoms with Crippen LogP contribution in [0.3, 0.4) is 0 Å². The zero-order valence-electron chi connectivity index (χ0n) is 15.0. The van der Waals surface area contributed by atoms with E-state index >= 15 is 0 Å². The molecule has 4 nitrogen and oxygen atoms in total. The number of hydrogen-bond donors (Lipinski definition) is 0. The van der Waals surface area contributed by atoms with Crippen LogP contribution in [0.1, 0.15) is 40.2 Å². The highest BCUT2D eigenvalue weighted by Gasteiger charge is 2.18. The van der Waals surface area contributed by atoms with Crippen molar-refractivity contribution in [2.24, 2.45) is 0 Å². The maximum absolute atomic E-state index is 5.53. The summed E-state index contributed by atoms with van der Waals surface area (Å²) in [5.74, 6) is 17.3. The fourth-order valence-corrected chi connectivity index (χ4v) is 1.70. The highest BCUT2D eigenvalue weighted by molar-refractivity contribution is 5.45. The van der Waals surface area contributed by atoms with Crippen LogP contribution in [0.25, 0.3) is 0 Å². The van der Waals surface area contributed by atoms with Crippen LogP contribution in [0.15, 0.2) is 18.2 Å². The van der Waals surface area contributed by atoms with Gasteiger partial charge in [0, 0.05) is 0 Å². The second-order valence-electron chi connectivity index (χ2n) is 5.61. The monoisotopic (exact) mass is 330 g/mol. The van der Waals surface area contributed by atoms with Gasteiger partial charge in [0.05, 0.1) is 0 Å². The van der Waals surface area contributed by atoms with Crippen molar-refractivity contribution in [3.8, 4) is 47.0 Å². The summed E-state index contributed by atoms with van der Waals surface area (Å²) in [4.78, 5) is 0. The second kappa shape index (κ2) is 11.9. The third-order valence-corrected chi connectivity index (χ3v) is 2.85. The van der Waals surface area contributed by atoms with Gasteiger partial charge in [0.25, 0.3) is 0 Å². The van der Waals surface area contributed by atoms with Crippen molar-refractivity contribution in [1.29, 1.82) is 0 Å². The van der Waals surface area contributed by atoms with Gasteiger partial charge in [-0.3, -0.25) is 0 Å². The lowest BCUT2D eigenvalue weighted by Crippen LogP contribution is -2.17. The van der Waals surface area contributed by atoms with E-state index in [4.69, 9.17) is 9.47 Å². The Balaban J connectivity index is 0. The summed E-state index contributed by atoms with van der Waals surface area (Å²) in [5, 5.41) is 0. The molecule has 1 aromatic carbocycles. The lowest BCUT2D eigenvalue weighted by molar-refractivity contribution is 0.171. The molecule has 0 aromatic heterocycles. The van der Waals surface area contributed by atoms with E-state index in [1.165, 1.54) is 5.56 Å². The van der Waals surface area contributed by atoms with Crippen LogP contribution in [-0.2, 0) is 5.41 Å². The lowest BCUT2D eigenvalue weighted by Gasteiger charge is -2.23. The first kappa shape index (κ1) is 23.7. The molecule has 0 radical (unpaired) electrons. The Hall–Kier alpha value is -2.58. The largest absolute Gasteiger partial charge is 0.486 e. The zero-order valence-corrected chi connectivity index (χ0v) is 15.0. The van der Waals surface area contributed by atoms with Crippen LogP contribution in [-0.4, -0.2) is 24.2 Å². The van der Waals surface area contributed by atoms with Crippen molar-refractivity contribution in [3.05, 3.63) is 23.8 Å². The number of rotatable bonds is 0. The first-order chi connectivity index (χ1) is 10.5. The van der Waals surface area contributed by atoms with Crippen LogP contribution >= 0.6 is 0 Å². The minimum atomic E-state index is 0. The van der Waals surface area contributed by atoms with Crippen molar-refractivity contribution >= 4 is 0 Å². The van der Waals surface area contributed by atoms with Gasteiger partial charge < -0.3 is 20.4 Å². The first-order valence-corrected chi connectivity index (χ1v) is 7.22. The molecule has 0 spiro atoms. The molecule has 1 aliphatic rings. The predicted molar refractivity (Wildman–Crippen MR) is 98.0 cm³/mol.